The van der Waals surface area contributed by atoms with Crippen LogP contribution >= 0.6 is 0 Å². The molecular weight excluding hydrogens is 378 g/mol. The second-order valence-electron chi connectivity index (χ2n) is 6.53. The normalized spacial score (nSPS) is 11.5. The highest BCUT2D eigenvalue weighted by molar-refractivity contribution is 7.89. The van der Waals surface area contributed by atoms with Crippen LogP contribution in [0.2, 0.25) is 0 Å². The number of primary sulfonamides is 1. The van der Waals surface area contributed by atoms with Gasteiger partial charge < -0.3 is 9.88 Å². The average molecular weight is 399 g/mol. The standard InChI is InChI=1S/C20H21N3O4S/c1-14(24)18-12-23(19-5-3-2-4-17(18)19)13-20(25)22-11-10-15-6-8-16(9-7-15)28(21,26)27/h2-9,12H,10-11,13H2,1H3,(H,22,25)(H2,21,26,27). The average Bonchev–Trinajstić information content (AvgIpc) is 3.00. The molecule has 8 heteroatoms. The fourth-order valence-corrected chi connectivity index (χ4v) is 3.58. The van der Waals surface area contributed by atoms with E-state index in [2.05, 4.69) is 5.32 Å². The highest BCUT2D eigenvalue weighted by atomic mass is 32.2. The van der Waals surface area contributed by atoms with Gasteiger partial charge in [0.2, 0.25) is 15.9 Å². The number of sulfonamides is 1. The first-order valence-electron chi connectivity index (χ1n) is 8.73. The van der Waals surface area contributed by atoms with Crippen LogP contribution in [0.15, 0.2) is 59.6 Å². The van der Waals surface area contributed by atoms with E-state index >= 15 is 0 Å². The Hall–Kier alpha value is -2.97. The van der Waals surface area contributed by atoms with Gasteiger partial charge >= 0.3 is 0 Å². The molecule has 0 atom stereocenters. The van der Waals surface area contributed by atoms with Gasteiger partial charge in [0.05, 0.1) is 4.90 Å². The molecule has 2 aromatic carbocycles. The molecule has 3 N–H and O–H groups in total. The Morgan fingerprint density at radius 1 is 1.07 bits per heavy atom. The van der Waals surface area contributed by atoms with E-state index in [0.717, 1.165) is 16.5 Å². The molecule has 1 amide bonds. The Bertz CT molecular complexity index is 1130. The van der Waals surface area contributed by atoms with Gasteiger partial charge in [0.1, 0.15) is 6.54 Å². The number of fused-ring (bicyclic) bond motifs is 1. The molecule has 0 aliphatic carbocycles. The van der Waals surface area contributed by atoms with E-state index in [-0.39, 0.29) is 23.1 Å². The number of rotatable bonds is 7. The van der Waals surface area contributed by atoms with E-state index in [1.165, 1.54) is 19.1 Å². The molecule has 28 heavy (non-hydrogen) atoms. The number of ketones is 1. The molecule has 3 aromatic rings. The fourth-order valence-electron chi connectivity index (χ4n) is 3.06. The zero-order valence-corrected chi connectivity index (χ0v) is 16.2. The molecule has 7 nitrogen and oxygen atoms in total. The molecule has 0 saturated heterocycles. The smallest absolute Gasteiger partial charge is 0.239 e. The van der Waals surface area contributed by atoms with Gasteiger partial charge in [-0.3, -0.25) is 9.59 Å². The number of benzene rings is 2. The number of para-hydroxylation sites is 1. The van der Waals surface area contributed by atoms with Gasteiger partial charge in [0, 0.05) is 29.2 Å². The number of hydrogen-bond acceptors (Lipinski definition) is 4. The summed E-state index contributed by atoms with van der Waals surface area (Å²) in [6.07, 6.45) is 2.26. The molecule has 0 bridgehead atoms. The lowest BCUT2D eigenvalue weighted by molar-refractivity contribution is -0.121. The Balaban J connectivity index is 1.61. The highest BCUT2D eigenvalue weighted by Gasteiger charge is 2.13. The Morgan fingerprint density at radius 2 is 1.75 bits per heavy atom. The van der Waals surface area contributed by atoms with Gasteiger partial charge in [0.15, 0.2) is 5.78 Å². The van der Waals surface area contributed by atoms with Crippen LogP contribution in [0, 0.1) is 0 Å². The highest BCUT2D eigenvalue weighted by Crippen LogP contribution is 2.21. The minimum absolute atomic E-state index is 0.0432. The van der Waals surface area contributed by atoms with Gasteiger partial charge in [-0.1, -0.05) is 30.3 Å². The molecular formula is C20H21N3O4S. The topological polar surface area (TPSA) is 111 Å². The molecule has 0 aliphatic heterocycles. The van der Waals surface area contributed by atoms with Crippen LogP contribution in [0.3, 0.4) is 0 Å². The molecule has 0 radical (unpaired) electrons. The molecule has 0 fully saturated rings. The van der Waals surface area contributed by atoms with Gasteiger partial charge in [-0.05, 0) is 37.1 Å². The number of carbonyl (C=O) groups is 2. The van der Waals surface area contributed by atoms with Crippen molar-refractivity contribution in [1.82, 2.24) is 9.88 Å². The second kappa shape index (κ2) is 7.95. The summed E-state index contributed by atoms with van der Waals surface area (Å²) >= 11 is 0. The van der Waals surface area contributed by atoms with Crippen LogP contribution < -0.4 is 10.5 Å². The number of hydrogen-bond donors (Lipinski definition) is 2. The maximum atomic E-state index is 12.3. The quantitative estimate of drug-likeness (QED) is 0.591. The largest absolute Gasteiger partial charge is 0.354 e. The maximum Gasteiger partial charge on any atom is 0.239 e. The lowest BCUT2D eigenvalue weighted by atomic mass is 10.1. The summed E-state index contributed by atoms with van der Waals surface area (Å²) < 4.78 is 24.3. The third-order valence-corrected chi connectivity index (χ3v) is 5.40. The van der Waals surface area contributed by atoms with Crippen LogP contribution in [-0.4, -0.2) is 31.2 Å². The van der Waals surface area contributed by atoms with Crippen molar-refractivity contribution in [3.8, 4) is 0 Å². The summed E-state index contributed by atoms with van der Waals surface area (Å²) in [5, 5.41) is 8.74. The second-order valence-corrected chi connectivity index (χ2v) is 8.09. The van der Waals surface area contributed by atoms with E-state index in [0.29, 0.717) is 18.5 Å². The minimum Gasteiger partial charge on any atom is -0.354 e. The summed E-state index contributed by atoms with van der Waals surface area (Å²) in [6.45, 7) is 2.03. The van der Waals surface area contributed by atoms with Crippen LogP contribution in [0.1, 0.15) is 22.8 Å². The maximum absolute atomic E-state index is 12.3. The number of aromatic nitrogens is 1. The Labute approximate surface area is 163 Å². The fraction of sp³-hybridized carbons (Fsp3) is 0.200. The number of nitrogens with two attached hydrogens (primary N) is 1. The first-order valence-corrected chi connectivity index (χ1v) is 10.3. The zero-order valence-electron chi connectivity index (χ0n) is 15.4. The number of Topliss-reactive ketones (excluding diaryl/α,β-unsaturated/α-hetero) is 1. The zero-order chi connectivity index (χ0) is 20.3. The summed E-state index contributed by atoms with van der Waals surface area (Å²) in [5.74, 6) is -0.213. The molecule has 3 rings (SSSR count). The number of nitrogens with one attached hydrogen (secondary N) is 1. The van der Waals surface area contributed by atoms with E-state index in [9.17, 15) is 18.0 Å². The number of nitrogens with zero attached hydrogens (tertiary/aromatic N) is 1. The molecule has 0 unspecified atom stereocenters. The van der Waals surface area contributed by atoms with E-state index < -0.39 is 10.0 Å². The van der Waals surface area contributed by atoms with E-state index in [4.69, 9.17) is 5.14 Å². The summed E-state index contributed by atoms with van der Waals surface area (Å²) in [5.41, 5.74) is 2.32. The van der Waals surface area contributed by atoms with Crippen molar-refractivity contribution < 1.29 is 18.0 Å². The van der Waals surface area contributed by atoms with Gasteiger partial charge in [0.25, 0.3) is 0 Å². The van der Waals surface area contributed by atoms with Crippen molar-refractivity contribution in [2.24, 2.45) is 5.14 Å². The van der Waals surface area contributed by atoms with Crippen molar-refractivity contribution in [2.75, 3.05) is 6.54 Å². The third-order valence-electron chi connectivity index (χ3n) is 4.47. The predicted octanol–water partition coefficient (Wildman–Crippen LogP) is 1.85. The minimum atomic E-state index is -3.71. The van der Waals surface area contributed by atoms with Gasteiger partial charge in [-0.2, -0.15) is 0 Å². The Morgan fingerprint density at radius 3 is 2.39 bits per heavy atom. The number of carbonyl (C=O) groups excluding carboxylic acids is 2. The van der Waals surface area contributed by atoms with Crippen LogP contribution in [0.5, 0.6) is 0 Å². The molecule has 0 spiro atoms. The lowest BCUT2D eigenvalue weighted by Crippen LogP contribution is -2.29. The monoisotopic (exact) mass is 399 g/mol. The molecule has 1 heterocycles. The summed E-state index contributed by atoms with van der Waals surface area (Å²) in [7, 11) is -3.71. The molecule has 146 valence electrons. The van der Waals surface area contributed by atoms with Crippen molar-refractivity contribution >= 4 is 32.6 Å². The first-order chi connectivity index (χ1) is 13.3. The molecule has 0 saturated carbocycles. The van der Waals surface area contributed by atoms with E-state index in [1.807, 2.05) is 24.3 Å². The van der Waals surface area contributed by atoms with E-state index in [1.54, 1.807) is 22.9 Å². The lowest BCUT2D eigenvalue weighted by Gasteiger charge is -2.08. The predicted molar refractivity (Wildman–Crippen MR) is 106 cm³/mol. The molecule has 0 aliphatic rings. The van der Waals surface area contributed by atoms with Crippen LogP contribution in [0.4, 0.5) is 0 Å². The van der Waals surface area contributed by atoms with Crippen molar-refractivity contribution in [3.63, 3.8) is 0 Å². The van der Waals surface area contributed by atoms with Crippen molar-refractivity contribution in [3.05, 3.63) is 65.9 Å². The summed E-state index contributed by atoms with van der Waals surface area (Å²) in [6, 6.07) is 13.7. The van der Waals surface area contributed by atoms with Gasteiger partial charge in [-0.15, -0.1) is 0 Å². The SMILES string of the molecule is CC(=O)c1cn(CC(=O)NCCc2ccc(S(N)(=O)=O)cc2)c2ccccc12. The van der Waals surface area contributed by atoms with Crippen LogP contribution in [0.25, 0.3) is 10.9 Å². The summed E-state index contributed by atoms with van der Waals surface area (Å²) in [4.78, 5) is 24.2. The van der Waals surface area contributed by atoms with Crippen LogP contribution in [-0.2, 0) is 27.8 Å². The number of amides is 1. The Kier molecular flexibility index (Phi) is 5.62. The van der Waals surface area contributed by atoms with Gasteiger partial charge in [-0.25, -0.2) is 13.6 Å². The first kappa shape index (κ1) is 19.8. The van der Waals surface area contributed by atoms with Crippen molar-refractivity contribution in [1.29, 1.82) is 0 Å². The molecule has 1 aromatic heterocycles. The third kappa shape index (κ3) is 4.47. The van der Waals surface area contributed by atoms with Crippen molar-refractivity contribution in [2.45, 2.75) is 24.8 Å².